The molecule has 5 heteroatoms. The molecule has 0 aliphatic rings. The van der Waals surface area contributed by atoms with Crippen LogP contribution in [0.2, 0.25) is 0 Å². The Hall–Kier alpha value is -2.27. The third kappa shape index (κ3) is 5.92. The first-order valence-corrected chi connectivity index (χ1v) is 9.84. The highest BCUT2D eigenvalue weighted by atomic mass is 32.2. The number of hydrogen-bond acceptors (Lipinski definition) is 3. The smallest absolute Gasteiger partial charge is 0.246 e. The van der Waals surface area contributed by atoms with Gasteiger partial charge < -0.3 is 10.2 Å². The van der Waals surface area contributed by atoms with Gasteiger partial charge >= 0.3 is 0 Å². The fourth-order valence-electron chi connectivity index (χ4n) is 2.55. The summed E-state index contributed by atoms with van der Waals surface area (Å²) in [7, 11) is 0. The maximum absolute atomic E-state index is 12.7. The van der Waals surface area contributed by atoms with Crippen LogP contribution in [-0.4, -0.2) is 35.1 Å². The summed E-state index contributed by atoms with van der Waals surface area (Å²) < 4.78 is 0. The van der Waals surface area contributed by atoms with E-state index in [1.54, 1.807) is 11.8 Å². The number of hydrogen-bond donors (Lipinski definition) is 1. The van der Waals surface area contributed by atoms with E-state index in [1.807, 2.05) is 68.4 Å². The van der Waals surface area contributed by atoms with Crippen molar-refractivity contribution in [1.29, 1.82) is 0 Å². The third-order valence-corrected chi connectivity index (χ3v) is 5.05. The Kier molecular flexibility index (Phi) is 7.73. The summed E-state index contributed by atoms with van der Waals surface area (Å²) in [6.45, 7) is 6.39. The van der Waals surface area contributed by atoms with E-state index in [0.29, 0.717) is 12.3 Å². The molecular formula is C21H26N2O2S. The van der Waals surface area contributed by atoms with E-state index in [4.69, 9.17) is 0 Å². The quantitative estimate of drug-likeness (QED) is 0.703. The van der Waals surface area contributed by atoms with E-state index < -0.39 is 6.04 Å². The maximum atomic E-state index is 12.7. The third-order valence-electron chi connectivity index (χ3n) is 4.06. The number of carbonyl (C=O) groups excluding carboxylic acids is 2. The Morgan fingerprint density at radius 2 is 1.73 bits per heavy atom. The van der Waals surface area contributed by atoms with Crippen molar-refractivity contribution < 1.29 is 9.59 Å². The van der Waals surface area contributed by atoms with Gasteiger partial charge in [-0.15, -0.1) is 11.8 Å². The molecule has 0 aromatic heterocycles. The Morgan fingerprint density at radius 1 is 1.08 bits per heavy atom. The molecule has 0 saturated carbocycles. The molecule has 0 aliphatic carbocycles. The average molecular weight is 371 g/mol. The highest BCUT2D eigenvalue weighted by Crippen LogP contribution is 2.19. The number of aryl methyl sites for hydroxylation is 1. The molecule has 0 saturated heterocycles. The van der Waals surface area contributed by atoms with Gasteiger partial charge in [0.15, 0.2) is 0 Å². The minimum atomic E-state index is -0.513. The molecule has 0 fully saturated rings. The van der Waals surface area contributed by atoms with Gasteiger partial charge in [-0.2, -0.15) is 0 Å². The van der Waals surface area contributed by atoms with Crippen LogP contribution in [0.15, 0.2) is 59.5 Å². The lowest BCUT2D eigenvalue weighted by molar-refractivity contribution is -0.135. The minimum Gasteiger partial charge on any atom is -0.330 e. The van der Waals surface area contributed by atoms with Crippen LogP contribution in [0.5, 0.6) is 0 Å². The summed E-state index contributed by atoms with van der Waals surface area (Å²) in [5.74, 6) is 0.137. The van der Waals surface area contributed by atoms with Crippen LogP contribution in [0.3, 0.4) is 0 Å². The number of anilines is 1. The summed E-state index contributed by atoms with van der Waals surface area (Å²) in [6, 6.07) is 16.9. The van der Waals surface area contributed by atoms with Gasteiger partial charge in [-0.25, -0.2) is 0 Å². The molecule has 2 amide bonds. The average Bonchev–Trinajstić information content (AvgIpc) is 2.65. The van der Waals surface area contributed by atoms with Crippen LogP contribution in [0, 0.1) is 6.92 Å². The number of nitrogens with zero attached hydrogens (tertiary/aromatic N) is 1. The fourth-order valence-corrected chi connectivity index (χ4v) is 3.33. The van der Waals surface area contributed by atoms with Crippen LogP contribution < -0.4 is 5.32 Å². The standard InChI is InChI=1S/C21H26N2O2S/c1-4-14-23(17(3)21(25)22-18-8-6-5-7-9-18)20(24)15-26-19-12-10-16(2)11-13-19/h5-13,17H,4,14-15H2,1-3H3,(H,22,25)/t17-/m1/s1. The lowest BCUT2D eigenvalue weighted by Gasteiger charge is -2.28. The zero-order valence-electron chi connectivity index (χ0n) is 15.6. The summed E-state index contributed by atoms with van der Waals surface area (Å²) in [5.41, 5.74) is 1.93. The van der Waals surface area contributed by atoms with E-state index in [0.717, 1.165) is 17.0 Å². The molecule has 1 N–H and O–H groups in total. The maximum Gasteiger partial charge on any atom is 0.246 e. The van der Waals surface area contributed by atoms with Crippen molar-refractivity contribution in [2.24, 2.45) is 0 Å². The molecule has 1 atom stereocenters. The SMILES string of the molecule is CCCN(C(=O)CSc1ccc(C)cc1)[C@H](C)C(=O)Nc1ccccc1. The monoisotopic (exact) mass is 370 g/mol. The van der Waals surface area contributed by atoms with Crippen molar-refractivity contribution in [3.63, 3.8) is 0 Å². The molecule has 2 rings (SSSR count). The summed E-state index contributed by atoms with van der Waals surface area (Å²) in [4.78, 5) is 28.0. The summed E-state index contributed by atoms with van der Waals surface area (Å²) in [6.07, 6.45) is 0.809. The van der Waals surface area contributed by atoms with Gasteiger partial charge in [0.25, 0.3) is 0 Å². The Balaban J connectivity index is 1.97. The number of para-hydroxylation sites is 1. The van der Waals surface area contributed by atoms with Crippen molar-refractivity contribution in [3.8, 4) is 0 Å². The highest BCUT2D eigenvalue weighted by molar-refractivity contribution is 8.00. The van der Waals surface area contributed by atoms with Crippen molar-refractivity contribution in [3.05, 3.63) is 60.2 Å². The van der Waals surface area contributed by atoms with E-state index in [1.165, 1.54) is 17.3 Å². The Morgan fingerprint density at radius 3 is 2.35 bits per heavy atom. The van der Waals surface area contributed by atoms with Crippen LogP contribution in [0.4, 0.5) is 5.69 Å². The van der Waals surface area contributed by atoms with E-state index in [-0.39, 0.29) is 11.8 Å². The van der Waals surface area contributed by atoms with Gasteiger partial charge in [-0.05, 0) is 44.5 Å². The fraction of sp³-hybridized carbons (Fsp3) is 0.333. The normalized spacial score (nSPS) is 11.7. The molecule has 0 radical (unpaired) electrons. The number of benzene rings is 2. The van der Waals surface area contributed by atoms with Crippen molar-refractivity contribution >= 4 is 29.3 Å². The van der Waals surface area contributed by atoms with E-state index in [9.17, 15) is 9.59 Å². The number of nitrogens with one attached hydrogen (secondary N) is 1. The first-order valence-electron chi connectivity index (χ1n) is 8.86. The molecule has 2 aromatic rings. The lowest BCUT2D eigenvalue weighted by atomic mass is 10.2. The van der Waals surface area contributed by atoms with Crippen molar-refractivity contribution in [1.82, 2.24) is 4.90 Å². The topological polar surface area (TPSA) is 49.4 Å². The number of thioether (sulfide) groups is 1. The van der Waals surface area contributed by atoms with Crippen LogP contribution >= 0.6 is 11.8 Å². The lowest BCUT2D eigenvalue weighted by Crippen LogP contribution is -2.46. The van der Waals surface area contributed by atoms with Crippen LogP contribution in [0.25, 0.3) is 0 Å². The highest BCUT2D eigenvalue weighted by Gasteiger charge is 2.25. The summed E-state index contributed by atoms with van der Waals surface area (Å²) in [5, 5.41) is 2.88. The first kappa shape index (κ1) is 20.0. The number of carbonyl (C=O) groups is 2. The minimum absolute atomic E-state index is 0.0202. The molecule has 0 heterocycles. The molecule has 26 heavy (non-hydrogen) atoms. The molecule has 138 valence electrons. The van der Waals surface area contributed by atoms with E-state index >= 15 is 0 Å². The second-order valence-corrected chi connectivity index (χ2v) is 7.27. The van der Waals surface area contributed by atoms with Gasteiger partial charge in [0.1, 0.15) is 6.04 Å². The molecule has 0 spiro atoms. The second kappa shape index (κ2) is 10.0. The zero-order chi connectivity index (χ0) is 18.9. The van der Waals surface area contributed by atoms with Gasteiger partial charge in [-0.1, -0.05) is 42.8 Å². The largest absolute Gasteiger partial charge is 0.330 e. The number of amides is 2. The Bertz CT molecular complexity index is 717. The van der Waals surface area contributed by atoms with Crippen LogP contribution in [-0.2, 0) is 9.59 Å². The molecule has 0 aliphatic heterocycles. The van der Waals surface area contributed by atoms with Gasteiger partial charge in [0.2, 0.25) is 11.8 Å². The van der Waals surface area contributed by atoms with Gasteiger partial charge in [-0.3, -0.25) is 9.59 Å². The predicted octanol–water partition coefficient (Wildman–Crippen LogP) is 4.35. The van der Waals surface area contributed by atoms with Crippen molar-refractivity contribution in [2.45, 2.75) is 38.1 Å². The Labute approximate surface area is 160 Å². The molecule has 2 aromatic carbocycles. The molecule has 4 nitrogen and oxygen atoms in total. The second-order valence-electron chi connectivity index (χ2n) is 6.22. The van der Waals surface area contributed by atoms with Crippen LogP contribution in [0.1, 0.15) is 25.8 Å². The molecule has 0 bridgehead atoms. The predicted molar refractivity (Wildman–Crippen MR) is 108 cm³/mol. The van der Waals surface area contributed by atoms with Gasteiger partial charge in [0.05, 0.1) is 5.75 Å². The number of rotatable bonds is 8. The zero-order valence-corrected chi connectivity index (χ0v) is 16.4. The molecule has 0 unspecified atom stereocenters. The summed E-state index contributed by atoms with van der Waals surface area (Å²) >= 11 is 1.50. The van der Waals surface area contributed by atoms with Gasteiger partial charge in [0, 0.05) is 17.1 Å². The first-order chi connectivity index (χ1) is 12.5. The van der Waals surface area contributed by atoms with Crippen molar-refractivity contribution in [2.75, 3.05) is 17.6 Å². The van der Waals surface area contributed by atoms with E-state index in [2.05, 4.69) is 5.32 Å². The molecular weight excluding hydrogens is 344 g/mol.